The average Bonchev–Trinajstić information content (AvgIpc) is 2.67. The molecule has 0 aromatic carbocycles. The summed E-state index contributed by atoms with van der Waals surface area (Å²) in [6.45, 7) is 2.77. The fourth-order valence-corrected chi connectivity index (χ4v) is 3.06. The summed E-state index contributed by atoms with van der Waals surface area (Å²) in [6, 6.07) is 4.02. The topological polar surface area (TPSA) is 50.7 Å². The lowest BCUT2D eigenvalue weighted by atomic mass is 10.3. The molecule has 84 valence electrons. The van der Waals surface area contributed by atoms with Gasteiger partial charge in [-0.15, -0.1) is 10.2 Å². The molecule has 0 aliphatic heterocycles. The highest BCUT2D eigenvalue weighted by Crippen LogP contribution is 2.30. The first-order valence-corrected chi connectivity index (χ1v) is 6.49. The van der Waals surface area contributed by atoms with Crippen molar-refractivity contribution in [3.8, 4) is 0 Å². The van der Waals surface area contributed by atoms with Gasteiger partial charge in [-0.2, -0.15) is 0 Å². The second-order valence-corrected chi connectivity index (χ2v) is 5.60. The Bertz CT molecular complexity index is 469. The predicted molar refractivity (Wildman–Crippen MR) is 65.8 cm³/mol. The molecule has 2 aromatic rings. The van der Waals surface area contributed by atoms with E-state index in [1.807, 2.05) is 20.0 Å². The largest absolute Gasteiger partial charge is 0.316 e. The number of hydrogen-bond donors (Lipinski definition) is 1. The number of nitrogens with zero attached hydrogens (tertiary/aromatic N) is 3. The van der Waals surface area contributed by atoms with Crippen LogP contribution in [-0.2, 0) is 6.54 Å². The Morgan fingerprint density at radius 3 is 3.00 bits per heavy atom. The fourth-order valence-electron chi connectivity index (χ4n) is 1.24. The number of nitrogens with one attached hydrogen (secondary N) is 1. The van der Waals surface area contributed by atoms with Crippen LogP contribution in [0.15, 0.2) is 27.7 Å². The van der Waals surface area contributed by atoms with E-state index in [2.05, 4.69) is 26.6 Å². The van der Waals surface area contributed by atoms with Gasteiger partial charge in [0.05, 0.1) is 0 Å². The van der Waals surface area contributed by atoms with Gasteiger partial charge < -0.3 is 5.32 Å². The van der Waals surface area contributed by atoms with Crippen molar-refractivity contribution in [2.45, 2.75) is 22.8 Å². The van der Waals surface area contributed by atoms with Gasteiger partial charge in [0.25, 0.3) is 0 Å². The van der Waals surface area contributed by atoms with E-state index in [9.17, 15) is 0 Å². The van der Waals surface area contributed by atoms with Gasteiger partial charge >= 0.3 is 0 Å². The molecule has 2 heterocycles. The van der Waals surface area contributed by atoms with Crippen molar-refractivity contribution >= 4 is 23.1 Å². The minimum atomic E-state index is 0.813. The molecule has 0 fully saturated rings. The molecule has 16 heavy (non-hydrogen) atoms. The Hall–Kier alpha value is -0.980. The minimum Gasteiger partial charge on any atom is -0.316 e. The van der Waals surface area contributed by atoms with Crippen LogP contribution in [0.5, 0.6) is 0 Å². The number of hydrogen-bond acceptors (Lipinski definition) is 6. The summed E-state index contributed by atoms with van der Waals surface area (Å²) in [4.78, 5) is 4.36. The zero-order valence-electron chi connectivity index (χ0n) is 9.10. The zero-order valence-corrected chi connectivity index (χ0v) is 10.7. The molecule has 2 rings (SSSR count). The third kappa shape index (κ3) is 2.78. The van der Waals surface area contributed by atoms with Crippen LogP contribution in [0.3, 0.4) is 0 Å². The molecule has 0 aliphatic carbocycles. The van der Waals surface area contributed by atoms with E-state index >= 15 is 0 Å². The van der Waals surface area contributed by atoms with Crippen LogP contribution in [0.25, 0.3) is 0 Å². The highest BCUT2D eigenvalue weighted by atomic mass is 32.2. The Morgan fingerprint density at radius 1 is 1.44 bits per heavy atom. The smallest absolute Gasteiger partial charge is 0.180 e. The molecule has 0 saturated carbocycles. The van der Waals surface area contributed by atoms with Crippen LogP contribution >= 0.6 is 23.1 Å². The minimum absolute atomic E-state index is 0.813. The highest BCUT2D eigenvalue weighted by molar-refractivity contribution is 8.01. The summed E-state index contributed by atoms with van der Waals surface area (Å²) in [7, 11) is 1.93. The summed E-state index contributed by atoms with van der Waals surface area (Å²) in [5.74, 6) is 0. The summed E-state index contributed by atoms with van der Waals surface area (Å²) in [5, 5.41) is 13.2. The lowest BCUT2D eigenvalue weighted by molar-refractivity contribution is 0.789. The van der Waals surface area contributed by atoms with Gasteiger partial charge in [0.15, 0.2) is 4.34 Å². The van der Waals surface area contributed by atoms with Crippen molar-refractivity contribution in [2.75, 3.05) is 7.05 Å². The van der Waals surface area contributed by atoms with Crippen LogP contribution in [0.2, 0.25) is 0 Å². The molecule has 0 unspecified atom stereocenters. The monoisotopic (exact) mass is 252 g/mol. The molecular formula is C10H12N4S2. The van der Waals surface area contributed by atoms with Crippen molar-refractivity contribution in [1.29, 1.82) is 0 Å². The van der Waals surface area contributed by atoms with Gasteiger partial charge in [-0.3, -0.25) is 0 Å². The second-order valence-electron chi connectivity index (χ2n) is 3.19. The molecule has 4 nitrogen and oxygen atoms in total. The second kappa shape index (κ2) is 5.38. The Balaban J connectivity index is 2.20. The number of pyridine rings is 1. The van der Waals surface area contributed by atoms with Gasteiger partial charge in [-0.05, 0) is 37.4 Å². The van der Waals surface area contributed by atoms with E-state index in [4.69, 9.17) is 0 Å². The quantitative estimate of drug-likeness (QED) is 0.903. The van der Waals surface area contributed by atoms with Crippen LogP contribution < -0.4 is 5.32 Å². The van der Waals surface area contributed by atoms with Gasteiger partial charge in [-0.1, -0.05) is 17.4 Å². The molecule has 0 spiro atoms. The summed E-state index contributed by atoms with van der Waals surface area (Å²) in [6.07, 6.45) is 1.80. The van der Waals surface area contributed by atoms with Crippen LogP contribution in [0.1, 0.15) is 10.6 Å². The lowest BCUT2D eigenvalue weighted by Gasteiger charge is -2.04. The summed E-state index contributed by atoms with van der Waals surface area (Å²) < 4.78 is 0.938. The van der Waals surface area contributed by atoms with Crippen molar-refractivity contribution in [2.24, 2.45) is 0 Å². The van der Waals surface area contributed by atoms with E-state index in [1.54, 1.807) is 29.3 Å². The van der Waals surface area contributed by atoms with Crippen molar-refractivity contribution in [3.63, 3.8) is 0 Å². The molecule has 1 N–H and O–H groups in total. The maximum Gasteiger partial charge on any atom is 0.180 e. The van der Waals surface area contributed by atoms with E-state index in [1.165, 1.54) is 5.56 Å². The van der Waals surface area contributed by atoms with Crippen LogP contribution in [-0.4, -0.2) is 22.2 Å². The van der Waals surface area contributed by atoms with Crippen molar-refractivity contribution in [3.05, 3.63) is 28.9 Å². The summed E-state index contributed by atoms with van der Waals surface area (Å²) in [5.41, 5.74) is 1.18. The van der Waals surface area contributed by atoms with Gasteiger partial charge in [0.2, 0.25) is 0 Å². The number of rotatable bonds is 4. The molecule has 0 amide bonds. The summed E-state index contributed by atoms with van der Waals surface area (Å²) >= 11 is 3.16. The van der Waals surface area contributed by atoms with Crippen LogP contribution in [0, 0.1) is 6.92 Å². The van der Waals surface area contributed by atoms with Gasteiger partial charge in [0, 0.05) is 12.7 Å². The SMILES string of the molecule is CNCc1cccnc1Sc1nnc(C)s1. The van der Waals surface area contributed by atoms with Crippen LogP contribution in [0.4, 0.5) is 0 Å². The molecular weight excluding hydrogens is 240 g/mol. The Morgan fingerprint density at radius 2 is 2.31 bits per heavy atom. The fraction of sp³-hybridized carbons (Fsp3) is 0.300. The predicted octanol–water partition coefficient (Wildman–Crippen LogP) is 2.11. The van der Waals surface area contributed by atoms with E-state index in [-0.39, 0.29) is 0 Å². The lowest BCUT2D eigenvalue weighted by Crippen LogP contribution is -2.06. The molecule has 0 aliphatic rings. The zero-order chi connectivity index (χ0) is 11.4. The molecule has 0 saturated heterocycles. The van der Waals surface area contributed by atoms with E-state index in [0.717, 1.165) is 20.9 Å². The van der Waals surface area contributed by atoms with E-state index < -0.39 is 0 Å². The third-order valence-corrected chi connectivity index (χ3v) is 3.86. The molecule has 0 radical (unpaired) electrons. The molecule has 0 bridgehead atoms. The van der Waals surface area contributed by atoms with Gasteiger partial charge in [-0.25, -0.2) is 4.98 Å². The first kappa shape index (κ1) is 11.5. The normalized spacial score (nSPS) is 10.6. The average molecular weight is 252 g/mol. The Kier molecular flexibility index (Phi) is 3.87. The highest BCUT2D eigenvalue weighted by Gasteiger charge is 2.08. The molecule has 2 aromatic heterocycles. The number of aromatic nitrogens is 3. The van der Waals surface area contributed by atoms with Gasteiger partial charge in [0.1, 0.15) is 10.0 Å². The molecule has 0 atom stereocenters. The van der Waals surface area contributed by atoms with Crippen molar-refractivity contribution in [1.82, 2.24) is 20.5 Å². The molecule has 6 heteroatoms. The first-order chi connectivity index (χ1) is 7.79. The van der Waals surface area contributed by atoms with Crippen molar-refractivity contribution < 1.29 is 0 Å². The Labute approximate surface area is 103 Å². The third-order valence-electron chi connectivity index (χ3n) is 1.91. The standard InChI is InChI=1S/C10H12N4S2/c1-7-13-14-10(15-7)16-9-8(6-11-2)4-3-5-12-9/h3-5,11H,6H2,1-2H3. The number of aryl methyl sites for hydroxylation is 1. The van der Waals surface area contributed by atoms with E-state index in [0.29, 0.717) is 0 Å². The first-order valence-electron chi connectivity index (χ1n) is 4.86. The maximum absolute atomic E-state index is 4.36. The maximum atomic E-state index is 4.36.